The van der Waals surface area contributed by atoms with Crippen LogP contribution in [0.25, 0.3) is 0 Å². The van der Waals surface area contributed by atoms with E-state index in [1.807, 2.05) is 45.0 Å². The number of nitrogens with zero attached hydrogens (tertiary/aromatic N) is 1. The molecule has 3 rings (SSSR count). The Bertz CT molecular complexity index is 613. The van der Waals surface area contributed by atoms with E-state index in [1.165, 1.54) is 0 Å². The summed E-state index contributed by atoms with van der Waals surface area (Å²) in [7, 11) is 0. The Labute approximate surface area is 137 Å². The first kappa shape index (κ1) is 15.8. The summed E-state index contributed by atoms with van der Waals surface area (Å²) in [4.78, 5) is 26.2. The maximum atomic E-state index is 12.3. The molecule has 1 aromatic carbocycles. The summed E-state index contributed by atoms with van der Waals surface area (Å²) >= 11 is 0. The van der Waals surface area contributed by atoms with Crippen molar-refractivity contribution in [3.05, 3.63) is 29.8 Å². The number of hydrogen-bond donors (Lipinski definition) is 1. The highest BCUT2D eigenvalue weighted by Gasteiger charge is 2.39. The van der Waals surface area contributed by atoms with Crippen LogP contribution in [0.15, 0.2) is 24.3 Å². The molecule has 2 amide bonds. The van der Waals surface area contributed by atoms with Crippen LogP contribution in [0.2, 0.25) is 0 Å². The summed E-state index contributed by atoms with van der Waals surface area (Å²) in [5, 5.41) is 2.97. The molecular weight excluding hydrogens is 292 g/mol. The Morgan fingerprint density at radius 2 is 1.87 bits per heavy atom. The van der Waals surface area contributed by atoms with Gasteiger partial charge in [0.15, 0.2) is 0 Å². The van der Waals surface area contributed by atoms with Crippen LogP contribution in [-0.2, 0) is 9.53 Å². The summed E-state index contributed by atoms with van der Waals surface area (Å²) < 4.78 is 5.42. The average molecular weight is 316 g/mol. The normalized spacial score (nSPS) is 21.8. The van der Waals surface area contributed by atoms with Crippen molar-refractivity contribution in [1.29, 1.82) is 0 Å². The van der Waals surface area contributed by atoms with Gasteiger partial charge < -0.3 is 15.0 Å². The molecule has 1 aromatic rings. The van der Waals surface area contributed by atoms with E-state index < -0.39 is 5.60 Å². The van der Waals surface area contributed by atoms with Crippen molar-refractivity contribution in [2.24, 2.45) is 5.92 Å². The highest BCUT2D eigenvalue weighted by Crippen LogP contribution is 2.41. The highest BCUT2D eigenvalue weighted by atomic mass is 16.6. The van der Waals surface area contributed by atoms with Gasteiger partial charge in [0, 0.05) is 18.8 Å². The van der Waals surface area contributed by atoms with Gasteiger partial charge in [-0.15, -0.1) is 0 Å². The zero-order valence-corrected chi connectivity index (χ0v) is 14.0. The third-order valence-corrected chi connectivity index (χ3v) is 4.50. The van der Waals surface area contributed by atoms with Crippen LogP contribution in [0.1, 0.15) is 45.1 Å². The van der Waals surface area contributed by atoms with Gasteiger partial charge in [0.1, 0.15) is 5.60 Å². The number of amides is 2. The van der Waals surface area contributed by atoms with Crippen LogP contribution in [0.5, 0.6) is 0 Å². The van der Waals surface area contributed by atoms with Gasteiger partial charge in [0.05, 0.1) is 5.92 Å². The van der Waals surface area contributed by atoms with Crippen molar-refractivity contribution in [1.82, 2.24) is 4.90 Å². The van der Waals surface area contributed by atoms with E-state index in [0.717, 1.165) is 24.1 Å². The van der Waals surface area contributed by atoms with Gasteiger partial charge >= 0.3 is 6.09 Å². The number of anilines is 1. The molecule has 2 aliphatic heterocycles. The number of rotatable bonds is 1. The Hall–Kier alpha value is -2.04. The fraction of sp³-hybridized carbons (Fsp3) is 0.556. The summed E-state index contributed by atoms with van der Waals surface area (Å²) in [6, 6.07) is 7.88. The number of piperidine rings is 1. The average Bonchev–Trinajstić information content (AvgIpc) is 2.81. The van der Waals surface area contributed by atoms with E-state index in [9.17, 15) is 9.59 Å². The van der Waals surface area contributed by atoms with Crippen LogP contribution in [-0.4, -0.2) is 35.6 Å². The third kappa shape index (κ3) is 3.33. The minimum Gasteiger partial charge on any atom is -0.444 e. The van der Waals surface area contributed by atoms with Gasteiger partial charge in [0.25, 0.3) is 0 Å². The van der Waals surface area contributed by atoms with E-state index in [2.05, 4.69) is 5.32 Å². The summed E-state index contributed by atoms with van der Waals surface area (Å²) in [5.41, 5.74) is 1.54. The van der Waals surface area contributed by atoms with Crippen molar-refractivity contribution < 1.29 is 14.3 Å². The largest absolute Gasteiger partial charge is 0.444 e. The molecule has 1 fully saturated rings. The molecule has 1 N–H and O–H groups in total. The summed E-state index contributed by atoms with van der Waals surface area (Å²) in [6.07, 6.45) is 1.39. The monoisotopic (exact) mass is 316 g/mol. The molecule has 0 saturated carbocycles. The molecule has 0 radical (unpaired) electrons. The van der Waals surface area contributed by atoms with Gasteiger partial charge in [-0.25, -0.2) is 4.79 Å². The quantitative estimate of drug-likeness (QED) is 0.864. The van der Waals surface area contributed by atoms with E-state index in [4.69, 9.17) is 4.74 Å². The number of ether oxygens (including phenoxy) is 1. The van der Waals surface area contributed by atoms with Crippen molar-refractivity contribution in [2.75, 3.05) is 18.4 Å². The minimum atomic E-state index is -0.474. The van der Waals surface area contributed by atoms with Gasteiger partial charge in [-0.05, 0) is 51.2 Å². The van der Waals surface area contributed by atoms with Crippen molar-refractivity contribution >= 4 is 17.7 Å². The standard InChI is InChI=1S/C18H24N2O3/c1-18(2,3)23-17(22)20-10-8-12(9-11-20)15-13-6-4-5-7-14(13)19-16(15)21/h4-7,12,15H,8-11H2,1-3H3,(H,19,21). The summed E-state index contributed by atoms with van der Waals surface area (Å²) in [6.45, 7) is 6.91. The molecule has 1 saturated heterocycles. The second-order valence-corrected chi connectivity index (χ2v) is 7.36. The van der Waals surface area contributed by atoms with Crippen molar-refractivity contribution in [2.45, 2.75) is 45.1 Å². The topological polar surface area (TPSA) is 58.6 Å². The lowest BCUT2D eigenvalue weighted by Gasteiger charge is -2.35. The third-order valence-electron chi connectivity index (χ3n) is 4.50. The lowest BCUT2D eigenvalue weighted by molar-refractivity contribution is -0.118. The van der Waals surface area contributed by atoms with Gasteiger partial charge in [0.2, 0.25) is 5.91 Å². The Morgan fingerprint density at radius 3 is 2.52 bits per heavy atom. The predicted molar refractivity (Wildman–Crippen MR) is 88.3 cm³/mol. The summed E-state index contributed by atoms with van der Waals surface area (Å²) in [5.74, 6) is 0.270. The smallest absolute Gasteiger partial charge is 0.410 e. The van der Waals surface area contributed by atoms with E-state index in [0.29, 0.717) is 13.1 Å². The molecule has 5 nitrogen and oxygen atoms in total. The van der Waals surface area contributed by atoms with Crippen LogP contribution >= 0.6 is 0 Å². The molecular formula is C18H24N2O3. The fourth-order valence-electron chi connectivity index (χ4n) is 3.44. The van der Waals surface area contributed by atoms with Crippen LogP contribution in [0.3, 0.4) is 0 Å². The Morgan fingerprint density at radius 1 is 1.22 bits per heavy atom. The maximum Gasteiger partial charge on any atom is 0.410 e. The molecule has 5 heteroatoms. The number of hydrogen-bond acceptors (Lipinski definition) is 3. The first-order valence-electron chi connectivity index (χ1n) is 8.23. The SMILES string of the molecule is CC(C)(C)OC(=O)N1CCC(C2C(=O)Nc3ccccc32)CC1. The van der Waals surface area contributed by atoms with Gasteiger partial charge in [-0.2, -0.15) is 0 Å². The van der Waals surface area contributed by atoms with Gasteiger partial charge in [-0.3, -0.25) is 4.79 Å². The number of likely N-dealkylation sites (tertiary alicyclic amines) is 1. The molecule has 0 aliphatic carbocycles. The molecule has 2 heterocycles. The molecule has 124 valence electrons. The number of nitrogens with one attached hydrogen (secondary N) is 1. The number of carbonyl (C=O) groups is 2. The van der Waals surface area contributed by atoms with Crippen LogP contribution < -0.4 is 5.32 Å². The lowest BCUT2D eigenvalue weighted by Crippen LogP contribution is -2.43. The zero-order valence-electron chi connectivity index (χ0n) is 14.0. The molecule has 1 unspecified atom stereocenters. The Kier molecular flexibility index (Phi) is 4.04. The first-order valence-corrected chi connectivity index (χ1v) is 8.23. The fourth-order valence-corrected chi connectivity index (χ4v) is 3.44. The number of fused-ring (bicyclic) bond motifs is 1. The number of carbonyl (C=O) groups excluding carboxylic acids is 2. The maximum absolute atomic E-state index is 12.3. The zero-order chi connectivity index (χ0) is 16.6. The number of benzene rings is 1. The number of para-hydroxylation sites is 1. The molecule has 0 aromatic heterocycles. The van der Waals surface area contributed by atoms with Crippen LogP contribution in [0.4, 0.5) is 10.5 Å². The predicted octanol–water partition coefficient (Wildman–Crippen LogP) is 3.37. The van der Waals surface area contributed by atoms with Gasteiger partial charge in [-0.1, -0.05) is 18.2 Å². The first-order chi connectivity index (χ1) is 10.8. The molecule has 0 spiro atoms. The van der Waals surface area contributed by atoms with E-state index in [-0.39, 0.29) is 23.8 Å². The lowest BCUT2D eigenvalue weighted by atomic mass is 9.81. The van der Waals surface area contributed by atoms with E-state index in [1.54, 1.807) is 4.90 Å². The minimum absolute atomic E-state index is 0.0851. The molecule has 2 aliphatic rings. The van der Waals surface area contributed by atoms with Crippen LogP contribution in [0, 0.1) is 5.92 Å². The molecule has 0 bridgehead atoms. The second kappa shape index (κ2) is 5.87. The molecule has 23 heavy (non-hydrogen) atoms. The molecule has 1 atom stereocenters. The van der Waals surface area contributed by atoms with Crippen molar-refractivity contribution in [3.8, 4) is 0 Å². The van der Waals surface area contributed by atoms with E-state index >= 15 is 0 Å². The Balaban J connectivity index is 1.64. The highest BCUT2D eigenvalue weighted by molar-refractivity contribution is 6.03. The second-order valence-electron chi connectivity index (χ2n) is 7.36. The van der Waals surface area contributed by atoms with Crippen molar-refractivity contribution in [3.63, 3.8) is 0 Å².